The topological polar surface area (TPSA) is 109 Å². The van der Waals surface area contributed by atoms with Gasteiger partial charge in [-0.1, -0.05) is 26.7 Å². The van der Waals surface area contributed by atoms with Crippen LogP contribution >= 0.6 is 11.8 Å². The molecule has 0 spiro atoms. The number of amides is 4. The second-order valence-electron chi connectivity index (χ2n) is 9.31. The Labute approximate surface area is 184 Å². The zero-order chi connectivity index (χ0) is 22.3. The van der Waals surface area contributed by atoms with Gasteiger partial charge >= 0.3 is 12.1 Å². The van der Waals surface area contributed by atoms with E-state index in [9.17, 15) is 14.4 Å². The SMILES string of the molecule is CC[C@H](C)[C@@H](CNC(=O)CCCC[C@@H]1SC[C@@H]2NC(=O)N[C@@H]21)NC(=O)OC(C)(C)C. The maximum atomic E-state index is 12.3. The van der Waals surface area contributed by atoms with Crippen LogP contribution in [0.5, 0.6) is 0 Å². The lowest BCUT2D eigenvalue weighted by Gasteiger charge is -2.27. The van der Waals surface area contributed by atoms with Gasteiger partial charge in [-0.05, 0) is 39.5 Å². The van der Waals surface area contributed by atoms with Crippen molar-refractivity contribution in [2.24, 2.45) is 5.92 Å². The van der Waals surface area contributed by atoms with E-state index in [1.807, 2.05) is 32.5 Å². The second kappa shape index (κ2) is 11.1. The Balaban J connectivity index is 1.66. The van der Waals surface area contributed by atoms with Crippen LogP contribution in [0.15, 0.2) is 0 Å². The standard InChI is InChI=1S/C21H38N4O4S/c1-6-13(2)14(24-20(28)29-21(3,4)5)11-22-17(26)10-8-7-9-16-18-15(12-30-16)23-19(27)25-18/h13-16,18H,6-12H2,1-5H3,(H,22,26)(H,24,28)(H2,23,25,27)/t13-,14+,15-,16-,18-/m0/s1. The maximum absolute atomic E-state index is 12.3. The Morgan fingerprint density at radius 1 is 1.27 bits per heavy atom. The second-order valence-corrected chi connectivity index (χ2v) is 10.6. The fourth-order valence-corrected chi connectivity index (χ4v) is 5.27. The van der Waals surface area contributed by atoms with Gasteiger partial charge in [-0.15, -0.1) is 0 Å². The van der Waals surface area contributed by atoms with Crippen LogP contribution in [0.25, 0.3) is 0 Å². The van der Waals surface area contributed by atoms with Crippen LogP contribution in [-0.4, -0.2) is 59.3 Å². The molecule has 2 aliphatic rings. The van der Waals surface area contributed by atoms with Crippen molar-refractivity contribution in [1.82, 2.24) is 21.3 Å². The lowest BCUT2D eigenvalue weighted by molar-refractivity contribution is -0.121. The highest BCUT2D eigenvalue weighted by molar-refractivity contribution is 8.00. The van der Waals surface area contributed by atoms with Crippen LogP contribution in [-0.2, 0) is 9.53 Å². The molecule has 2 rings (SSSR count). The highest BCUT2D eigenvalue weighted by atomic mass is 32.2. The maximum Gasteiger partial charge on any atom is 0.407 e. The number of rotatable bonds is 10. The quantitative estimate of drug-likeness (QED) is 0.307. The molecule has 172 valence electrons. The highest BCUT2D eigenvalue weighted by Gasteiger charge is 2.42. The summed E-state index contributed by atoms with van der Waals surface area (Å²) in [5.74, 6) is 1.18. The van der Waals surface area contributed by atoms with E-state index in [1.165, 1.54) is 0 Å². The molecule has 2 saturated heterocycles. The summed E-state index contributed by atoms with van der Waals surface area (Å²) in [4.78, 5) is 35.8. The summed E-state index contributed by atoms with van der Waals surface area (Å²) in [6.07, 6.45) is 3.67. The van der Waals surface area contributed by atoms with Crippen LogP contribution in [0.3, 0.4) is 0 Å². The van der Waals surface area contributed by atoms with Crippen molar-refractivity contribution in [2.75, 3.05) is 12.3 Å². The van der Waals surface area contributed by atoms with Crippen LogP contribution < -0.4 is 21.3 Å². The molecule has 2 aliphatic heterocycles. The molecule has 0 saturated carbocycles. The van der Waals surface area contributed by atoms with E-state index in [0.29, 0.717) is 18.2 Å². The first-order valence-electron chi connectivity index (χ1n) is 11.0. The molecular formula is C21H38N4O4S. The van der Waals surface area contributed by atoms with Crippen LogP contribution in [0.4, 0.5) is 9.59 Å². The summed E-state index contributed by atoms with van der Waals surface area (Å²) < 4.78 is 5.34. The Morgan fingerprint density at radius 3 is 2.67 bits per heavy atom. The number of urea groups is 1. The Hall–Kier alpha value is -1.64. The molecule has 8 nitrogen and oxygen atoms in total. The van der Waals surface area contributed by atoms with E-state index in [1.54, 1.807) is 0 Å². The molecule has 0 unspecified atom stereocenters. The first kappa shape index (κ1) is 24.6. The van der Waals surface area contributed by atoms with E-state index in [4.69, 9.17) is 4.74 Å². The highest BCUT2D eigenvalue weighted by Crippen LogP contribution is 2.33. The van der Waals surface area contributed by atoms with Gasteiger partial charge in [-0.25, -0.2) is 9.59 Å². The first-order chi connectivity index (χ1) is 14.1. The molecule has 0 aromatic rings. The summed E-state index contributed by atoms with van der Waals surface area (Å²) in [6.45, 7) is 9.99. The number of unbranched alkanes of at least 4 members (excludes halogenated alkanes) is 1. The average Bonchev–Trinajstić information content (AvgIpc) is 3.19. The summed E-state index contributed by atoms with van der Waals surface area (Å²) in [6, 6.07) is 0.224. The summed E-state index contributed by atoms with van der Waals surface area (Å²) in [7, 11) is 0. The lowest BCUT2D eigenvalue weighted by atomic mass is 9.99. The fraction of sp³-hybridized carbons (Fsp3) is 0.857. The van der Waals surface area contributed by atoms with Gasteiger partial charge in [-0.3, -0.25) is 4.79 Å². The molecular weight excluding hydrogens is 404 g/mol. The van der Waals surface area contributed by atoms with E-state index >= 15 is 0 Å². The molecule has 5 atom stereocenters. The Kier molecular flexibility index (Phi) is 9.12. The van der Waals surface area contributed by atoms with Gasteiger partial charge in [0.1, 0.15) is 5.60 Å². The van der Waals surface area contributed by atoms with E-state index in [2.05, 4.69) is 35.1 Å². The largest absolute Gasteiger partial charge is 0.444 e. The van der Waals surface area contributed by atoms with E-state index < -0.39 is 11.7 Å². The lowest BCUT2D eigenvalue weighted by Crippen LogP contribution is -2.48. The summed E-state index contributed by atoms with van der Waals surface area (Å²) in [5.41, 5.74) is -0.553. The van der Waals surface area contributed by atoms with Crippen molar-refractivity contribution in [3.8, 4) is 0 Å². The Morgan fingerprint density at radius 2 is 2.00 bits per heavy atom. The molecule has 0 bridgehead atoms. The minimum atomic E-state index is -0.553. The number of fused-ring (bicyclic) bond motifs is 1. The molecule has 0 aliphatic carbocycles. The number of hydrogen-bond acceptors (Lipinski definition) is 5. The van der Waals surface area contributed by atoms with Gasteiger partial charge in [-0.2, -0.15) is 11.8 Å². The normalized spacial score (nSPS) is 25.0. The minimum absolute atomic E-state index is 0.00193. The third-order valence-corrected chi connectivity index (χ3v) is 7.14. The van der Waals surface area contributed by atoms with Crippen LogP contribution in [0, 0.1) is 5.92 Å². The van der Waals surface area contributed by atoms with Gasteiger partial charge in [0.15, 0.2) is 0 Å². The van der Waals surface area contributed by atoms with Crippen molar-refractivity contribution in [1.29, 1.82) is 0 Å². The van der Waals surface area contributed by atoms with Gasteiger partial charge in [0.05, 0.1) is 18.1 Å². The van der Waals surface area contributed by atoms with Crippen molar-refractivity contribution in [3.63, 3.8) is 0 Å². The number of alkyl carbamates (subject to hydrolysis) is 1. The average molecular weight is 443 g/mol. The third kappa shape index (κ3) is 7.89. The predicted molar refractivity (Wildman–Crippen MR) is 120 cm³/mol. The van der Waals surface area contributed by atoms with Gasteiger partial charge in [0.25, 0.3) is 0 Å². The zero-order valence-corrected chi connectivity index (χ0v) is 19.7. The Bertz CT molecular complexity index is 610. The van der Waals surface area contributed by atoms with Crippen molar-refractivity contribution in [2.45, 2.75) is 95.7 Å². The summed E-state index contributed by atoms with van der Waals surface area (Å²) >= 11 is 1.89. The van der Waals surface area contributed by atoms with Crippen LogP contribution in [0.2, 0.25) is 0 Å². The molecule has 9 heteroatoms. The molecule has 4 N–H and O–H groups in total. The van der Waals surface area contributed by atoms with Gasteiger partial charge in [0, 0.05) is 24.0 Å². The number of thioether (sulfide) groups is 1. The number of carbonyl (C=O) groups excluding carboxylic acids is 3. The third-order valence-electron chi connectivity index (χ3n) is 5.63. The molecule has 2 fully saturated rings. The number of nitrogens with one attached hydrogen (secondary N) is 4. The smallest absolute Gasteiger partial charge is 0.407 e. The van der Waals surface area contributed by atoms with E-state index in [0.717, 1.165) is 31.4 Å². The van der Waals surface area contributed by atoms with E-state index in [-0.39, 0.29) is 36.0 Å². The molecule has 0 aromatic carbocycles. The fourth-order valence-electron chi connectivity index (χ4n) is 3.72. The predicted octanol–water partition coefficient (Wildman–Crippen LogP) is 2.77. The zero-order valence-electron chi connectivity index (χ0n) is 18.9. The number of ether oxygens (including phenoxy) is 1. The van der Waals surface area contributed by atoms with Crippen molar-refractivity contribution >= 4 is 29.8 Å². The molecule has 0 aromatic heterocycles. The number of hydrogen-bond donors (Lipinski definition) is 4. The van der Waals surface area contributed by atoms with Crippen molar-refractivity contribution in [3.05, 3.63) is 0 Å². The number of carbonyl (C=O) groups is 3. The van der Waals surface area contributed by atoms with Crippen molar-refractivity contribution < 1.29 is 19.1 Å². The summed E-state index contributed by atoms with van der Waals surface area (Å²) in [5, 5.41) is 12.2. The monoisotopic (exact) mass is 442 g/mol. The molecule has 4 amide bonds. The van der Waals surface area contributed by atoms with Gasteiger partial charge in [0.2, 0.25) is 5.91 Å². The van der Waals surface area contributed by atoms with Crippen LogP contribution in [0.1, 0.15) is 66.7 Å². The molecule has 30 heavy (non-hydrogen) atoms. The first-order valence-corrected chi connectivity index (χ1v) is 12.1. The molecule has 0 radical (unpaired) electrons. The minimum Gasteiger partial charge on any atom is -0.444 e. The van der Waals surface area contributed by atoms with Gasteiger partial charge < -0.3 is 26.0 Å². The molecule has 2 heterocycles.